The molecule has 0 amide bonds. The number of unbranched alkanes of at least 4 members (excludes halogenated alkanes) is 22. The van der Waals surface area contributed by atoms with Gasteiger partial charge in [0.05, 0.1) is 6.61 Å². The second kappa shape index (κ2) is 30.4. The quantitative estimate of drug-likeness (QED) is 0.0354. The van der Waals surface area contributed by atoms with Crippen LogP contribution in [0.3, 0.4) is 0 Å². The van der Waals surface area contributed by atoms with Crippen LogP contribution in [-0.2, 0) is 14.4 Å². The van der Waals surface area contributed by atoms with Gasteiger partial charge in [0.15, 0.2) is 23.0 Å². The van der Waals surface area contributed by atoms with Crippen molar-refractivity contribution in [2.24, 2.45) is 0 Å². The molecule has 0 aliphatic rings. The predicted octanol–water partition coefficient (Wildman–Crippen LogP) is 10.2. The Balaban J connectivity index is 4.41. The number of hydrogen-bond donors (Lipinski definition) is 3. The highest BCUT2D eigenvalue weighted by atomic mass is 16.4. The first kappa shape index (κ1) is 45.4. The zero-order chi connectivity index (χ0) is 35.1. The van der Waals surface area contributed by atoms with E-state index in [1.54, 1.807) is 0 Å². The number of hydrogen-bond acceptors (Lipinski definition) is 6. The number of ketones is 3. The van der Waals surface area contributed by atoms with Crippen LogP contribution in [0.15, 0.2) is 24.3 Å². The summed E-state index contributed by atoms with van der Waals surface area (Å²) in [6, 6.07) is 0. The zero-order valence-corrected chi connectivity index (χ0v) is 30.9. The van der Waals surface area contributed by atoms with E-state index in [1.165, 1.54) is 77.0 Å². The molecule has 0 aromatic rings. The van der Waals surface area contributed by atoms with Gasteiger partial charge in [-0.05, 0) is 71.1 Å². The van der Waals surface area contributed by atoms with Crippen LogP contribution in [-0.4, -0.2) is 50.5 Å². The summed E-state index contributed by atoms with van der Waals surface area (Å²) in [5.41, 5.74) is -5.75. The molecule has 0 saturated carbocycles. The van der Waals surface area contributed by atoms with Gasteiger partial charge >= 0.3 is 0 Å². The maximum atomic E-state index is 13.2. The van der Waals surface area contributed by atoms with Crippen molar-refractivity contribution in [2.75, 3.05) is 6.61 Å². The number of Topliss-reactive ketones (excluding diaryl/α,β-unsaturated/α-hetero) is 3. The summed E-state index contributed by atoms with van der Waals surface area (Å²) in [7, 11) is 0. The van der Waals surface area contributed by atoms with Crippen LogP contribution in [0, 0.1) is 0 Å². The molecule has 274 valence electrons. The minimum Gasteiger partial charge on any atom is -0.393 e. The second-order valence-electron chi connectivity index (χ2n) is 13.8. The Morgan fingerprint density at radius 1 is 0.468 bits per heavy atom. The van der Waals surface area contributed by atoms with Gasteiger partial charge in [0.2, 0.25) is 5.60 Å². The fraction of sp³-hybridized carbons (Fsp3) is 0.829. The smallest absolute Gasteiger partial charge is 0.219 e. The first-order valence-corrected chi connectivity index (χ1v) is 19.7. The molecule has 0 aromatic heterocycles. The minimum atomic E-state index is -2.92. The number of rotatable bonds is 35. The fourth-order valence-corrected chi connectivity index (χ4v) is 6.17. The molecule has 3 N–H and O–H groups in total. The first-order chi connectivity index (χ1) is 22.7. The first-order valence-electron chi connectivity index (χ1n) is 19.7. The van der Waals surface area contributed by atoms with E-state index in [-0.39, 0.29) is 12.8 Å². The average Bonchev–Trinajstić information content (AvgIpc) is 3.06. The summed E-state index contributed by atoms with van der Waals surface area (Å²) in [4.78, 5) is 38.7. The Bertz CT molecular complexity index is 795. The van der Waals surface area contributed by atoms with Crippen molar-refractivity contribution in [3.63, 3.8) is 0 Å². The molecule has 1 unspecified atom stereocenters. The van der Waals surface area contributed by atoms with Gasteiger partial charge in [-0.15, -0.1) is 0 Å². The van der Waals surface area contributed by atoms with E-state index < -0.39 is 35.2 Å². The van der Waals surface area contributed by atoms with Crippen LogP contribution < -0.4 is 0 Å². The van der Waals surface area contributed by atoms with Crippen molar-refractivity contribution in [1.29, 1.82) is 0 Å². The molecule has 0 aliphatic heterocycles. The van der Waals surface area contributed by atoms with Crippen molar-refractivity contribution in [2.45, 2.75) is 212 Å². The van der Waals surface area contributed by atoms with Gasteiger partial charge in [0.25, 0.3) is 0 Å². The molecule has 6 nitrogen and oxygen atoms in total. The van der Waals surface area contributed by atoms with E-state index in [9.17, 15) is 29.7 Å². The summed E-state index contributed by atoms with van der Waals surface area (Å²) in [5, 5.41) is 32.1. The molecule has 0 rings (SSSR count). The van der Waals surface area contributed by atoms with E-state index in [1.807, 2.05) is 0 Å². The lowest BCUT2D eigenvalue weighted by Crippen LogP contribution is -2.69. The summed E-state index contributed by atoms with van der Waals surface area (Å²) >= 11 is 0. The molecule has 0 fully saturated rings. The summed E-state index contributed by atoms with van der Waals surface area (Å²) in [6.45, 7) is 4.28. The molecule has 0 aromatic carbocycles. The third-order valence-corrected chi connectivity index (χ3v) is 9.55. The van der Waals surface area contributed by atoms with Crippen LogP contribution in [0.1, 0.15) is 201 Å². The molecule has 0 bridgehead atoms. The van der Waals surface area contributed by atoms with Crippen molar-refractivity contribution in [3.8, 4) is 0 Å². The SMILES string of the molecule is CCCCCCCC/C=C\CCCCCCCC(=O)C(O)(C(=O)CCCCCCC/C=C\CCCCCCCC)C(O)(CO)C(C)=O. The monoisotopic (exact) mass is 663 g/mol. The Morgan fingerprint density at radius 3 is 1.02 bits per heavy atom. The molecule has 0 aliphatic carbocycles. The highest BCUT2D eigenvalue weighted by Crippen LogP contribution is 2.30. The van der Waals surface area contributed by atoms with Crippen molar-refractivity contribution < 1.29 is 29.7 Å². The van der Waals surface area contributed by atoms with Gasteiger partial charge in [-0.3, -0.25) is 14.4 Å². The highest BCUT2D eigenvalue weighted by molar-refractivity contribution is 6.16. The second-order valence-corrected chi connectivity index (χ2v) is 13.8. The number of carbonyl (C=O) groups excluding carboxylic acids is 3. The summed E-state index contributed by atoms with van der Waals surface area (Å²) in [6.07, 6.45) is 37.4. The van der Waals surface area contributed by atoms with E-state index in [2.05, 4.69) is 38.2 Å². The lowest BCUT2D eigenvalue weighted by molar-refractivity contribution is -0.193. The maximum Gasteiger partial charge on any atom is 0.219 e. The van der Waals surface area contributed by atoms with Gasteiger partial charge in [-0.2, -0.15) is 0 Å². The van der Waals surface area contributed by atoms with Crippen LogP contribution >= 0.6 is 0 Å². The van der Waals surface area contributed by atoms with Gasteiger partial charge in [-0.1, -0.05) is 141 Å². The lowest BCUT2D eigenvalue weighted by atomic mass is 9.72. The lowest BCUT2D eigenvalue weighted by Gasteiger charge is -2.38. The van der Waals surface area contributed by atoms with Crippen molar-refractivity contribution in [3.05, 3.63) is 24.3 Å². The highest BCUT2D eigenvalue weighted by Gasteiger charge is 2.61. The standard InChI is InChI=1S/C41H74O6/c1-4-6-8-10-12-14-16-18-20-22-24-26-28-30-32-34-38(44)41(47,40(46,36-42)37(3)43)39(45)35-33-31-29-27-25-23-21-19-17-15-13-11-9-7-5-2/h18-21,42,46-47H,4-17,22-36H2,1-3H3/b20-18-,21-19-. The summed E-state index contributed by atoms with van der Waals surface area (Å²) in [5.74, 6) is -2.74. The number of aliphatic hydroxyl groups excluding tert-OH is 1. The Kier molecular flexibility index (Phi) is 29.4. The Morgan fingerprint density at radius 2 is 0.745 bits per heavy atom. The van der Waals surface area contributed by atoms with Gasteiger partial charge in [0, 0.05) is 12.8 Å². The predicted molar refractivity (Wildman–Crippen MR) is 197 cm³/mol. The van der Waals surface area contributed by atoms with Gasteiger partial charge < -0.3 is 15.3 Å². The maximum absolute atomic E-state index is 13.2. The minimum absolute atomic E-state index is 0.123. The number of carbonyl (C=O) groups is 3. The molecule has 6 heteroatoms. The van der Waals surface area contributed by atoms with Crippen LogP contribution in [0.4, 0.5) is 0 Å². The molecule has 0 radical (unpaired) electrons. The third kappa shape index (κ3) is 20.5. The van der Waals surface area contributed by atoms with Crippen molar-refractivity contribution in [1.82, 2.24) is 0 Å². The number of aliphatic hydroxyl groups is 3. The largest absolute Gasteiger partial charge is 0.393 e. The number of allylic oxidation sites excluding steroid dienone is 4. The fourth-order valence-electron chi connectivity index (χ4n) is 6.17. The molecular weight excluding hydrogens is 588 g/mol. The van der Waals surface area contributed by atoms with Crippen LogP contribution in [0.25, 0.3) is 0 Å². The normalized spacial score (nSPS) is 13.5. The zero-order valence-electron chi connectivity index (χ0n) is 30.9. The summed E-state index contributed by atoms with van der Waals surface area (Å²) < 4.78 is 0. The third-order valence-electron chi connectivity index (χ3n) is 9.55. The Labute approximate surface area is 289 Å². The van der Waals surface area contributed by atoms with Gasteiger partial charge in [-0.25, -0.2) is 0 Å². The molecule has 0 saturated heterocycles. The topological polar surface area (TPSA) is 112 Å². The van der Waals surface area contributed by atoms with Crippen LogP contribution in [0.2, 0.25) is 0 Å². The molecular formula is C41H74O6. The van der Waals surface area contributed by atoms with Crippen molar-refractivity contribution >= 4 is 17.3 Å². The van der Waals surface area contributed by atoms with E-state index in [0.29, 0.717) is 12.8 Å². The molecule has 1 atom stereocenters. The molecule has 0 spiro atoms. The van der Waals surface area contributed by atoms with Gasteiger partial charge in [0.1, 0.15) is 0 Å². The van der Waals surface area contributed by atoms with E-state index in [0.717, 1.165) is 84.0 Å². The molecule has 47 heavy (non-hydrogen) atoms. The van der Waals surface area contributed by atoms with E-state index in [4.69, 9.17) is 0 Å². The molecule has 0 heterocycles. The Hall–Kier alpha value is -1.63. The average molecular weight is 663 g/mol. The van der Waals surface area contributed by atoms with Crippen LogP contribution in [0.5, 0.6) is 0 Å². The van der Waals surface area contributed by atoms with E-state index >= 15 is 0 Å².